The van der Waals surface area contributed by atoms with E-state index in [0.717, 1.165) is 28.9 Å². The molecule has 1 aliphatic rings. The number of hydrogen-bond acceptors (Lipinski definition) is 4. The van der Waals surface area contributed by atoms with Crippen molar-refractivity contribution >= 4 is 23.2 Å². The molecular weight excluding hydrogens is 364 g/mol. The summed E-state index contributed by atoms with van der Waals surface area (Å²) in [4.78, 5) is 12.3. The number of fused-ring (bicyclic) bond motifs is 1. The van der Waals surface area contributed by atoms with Gasteiger partial charge in [0.2, 0.25) is 5.91 Å². The summed E-state index contributed by atoms with van der Waals surface area (Å²) in [7, 11) is 0. The van der Waals surface area contributed by atoms with Crippen molar-refractivity contribution in [3.63, 3.8) is 0 Å². The first-order valence-electron chi connectivity index (χ1n) is 8.80. The fourth-order valence-electron chi connectivity index (χ4n) is 3.21. The maximum absolute atomic E-state index is 12.3. The molecule has 4 rings (SSSR count). The highest BCUT2D eigenvalue weighted by Crippen LogP contribution is 2.33. The van der Waals surface area contributed by atoms with Gasteiger partial charge in [0.05, 0.1) is 12.1 Å². The molecule has 1 amide bonds. The molecule has 6 heteroatoms. The van der Waals surface area contributed by atoms with Gasteiger partial charge in [-0.25, -0.2) is 0 Å². The van der Waals surface area contributed by atoms with Crippen LogP contribution in [0.25, 0.3) is 11.3 Å². The van der Waals surface area contributed by atoms with Crippen LogP contribution in [0.2, 0.25) is 5.02 Å². The molecule has 0 saturated carbocycles. The van der Waals surface area contributed by atoms with Crippen LogP contribution in [-0.4, -0.2) is 17.2 Å². The Morgan fingerprint density at radius 2 is 2.15 bits per heavy atom. The van der Waals surface area contributed by atoms with E-state index in [1.807, 2.05) is 32.0 Å². The normalized spacial score (nSPS) is 15.3. The highest BCUT2D eigenvalue weighted by molar-refractivity contribution is 6.31. The van der Waals surface area contributed by atoms with Crippen LogP contribution in [0, 0.1) is 6.92 Å². The zero-order chi connectivity index (χ0) is 19.0. The molecule has 0 fully saturated rings. The number of rotatable bonds is 4. The number of anilines is 1. The SMILES string of the molecule is Cc1c(Cl)cccc1NC(=O)Cc1cc(-c2ccc3c(c2)C[C@@H](C)O3)on1. The van der Waals surface area contributed by atoms with Gasteiger partial charge >= 0.3 is 0 Å². The lowest BCUT2D eigenvalue weighted by Crippen LogP contribution is -2.15. The van der Waals surface area contributed by atoms with Crippen molar-refractivity contribution in [3.8, 4) is 17.1 Å². The zero-order valence-corrected chi connectivity index (χ0v) is 15.8. The highest BCUT2D eigenvalue weighted by Gasteiger charge is 2.20. The number of benzene rings is 2. The summed E-state index contributed by atoms with van der Waals surface area (Å²) < 4.78 is 11.2. The van der Waals surface area contributed by atoms with E-state index in [4.69, 9.17) is 20.9 Å². The van der Waals surface area contributed by atoms with Gasteiger partial charge in [0.25, 0.3) is 0 Å². The first kappa shape index (κ1) is 17.6. The smallest absolute Gasteiger partial charge is 0.230 e. The third-order valence-corrected chi connectivity index (χ3v) is 5.03. The van der Waals surface area contributed by atoms with E-state index >= 15 is 0 Å². The molecule has 5 nitrogen and oxygen atoms in total. The lowest BCUT2D eigenvalue weighted by atomic mass is 10.1. The number of ether oxygens (including phenoxy) is 1. The Morgan fingerprint density at radius 1 is 1.30 bits per heavy atom. The Hall–Kier alpha value is -2.79. The van der Waals surface area contributed by atoms with Crippen molar-refractivity contribution in [2.24, 2.45) is 0 Å². The molecule has 1 aromatic heterocycles. The molecule has 0 radical (unpaired) electrons. The van der Waals surface area contributed by atoms with Crippen LogP contribution in [0.15, 0.2) is 47.0 Å². The summed E-state index contributed by atoms with van der Waals surface area (Å²) in [6.45, 7) is 3.91. The van der Waals surface area contributed by atoms with Crippen LogP contribution >= 0.6 is 11.6 Å². The van der Waals surface area contributed by atoms with Gasteiger partial charge in [-0.15, -0.1) is 0 Å². The Balaban J connectivity index is 1.46. The average molecular weight is 383 g/mol. The second kappa shape index (κ2) is 7.08. The summed E-state index contributed by atoms with van der Waals surface area (Å²) in [6.07, 6.45) is 1.20. The molecule has 0 saturated heterocycles. The maximum Gasteiger partial charge on any atom is 0.230 e. The van der Waals surface area contributed by atoms with Gasteiger partial charge in [0, 0.05) is 28.8 Å². The quantitative estimate of drug-likeness (QED) is 0.703. The molecule has 27 heavy (non-hydrogen) atoms. The van der Waals surface area contributed by atoms with E-state index in [9.17, 15) is 4.79 Å². The number of hydrogen-bond donors (Lipinski definition) is 1. The molecule has 1 aliphatic heterocycles. The molecule has 3 aromatic rings. The summed E-state index contributed by atoms with van der Waals surface area (Å²) in [5, 5.41) is 7.51. The molecule has 0 bridgehead atoms. The van der Waals surface area contributed by atoms with Gasteiger partial charge in [-0.1, -0.05) is 22.8 Å². The molecule has 1 N–H and O–H groups in total. The number of amides is 1. The Kier molecular flexibility index (Phi) is 4.62. The molecule has 2 heterocycles. The number of aromatic nitrogens is 1. The van der Waals surface area contributed by atoms with E-state index in [1.54, 1.807) is 18.2 Å². The lowest BCUT2D eigenvalue weighted by Gasteiger charge is -2.08. The van der Waals surface area contributed by atoms with Crippen molar-refractivity contribution in [2.45, 2.75) is 32.8 Å². The van der Waals surface area contributed by atoms with Crippen molar-refractivity contribution in [1.29, 1.82) is 0 Å². The minimum Gasteiger partial charge on any atom is -0.490 e. The molecule has 0 aliphatic carbocycles. The molecule has 0 unspecified atom stereocenters. The van der Waals surface area contributed by atoms with Crippen LogP contribution in [0.4, 0.5) is 5.69 Å². The van der Waals surface area contributed by atoms with E-state index in [2.05, 4.69) is 16.5 Å². The average Bonchev–Trinajstić information content (AvgIpc) is 3.23. The van der Waals surface area contributed by atoms with Crippen LogP contribution < -0.4 is 10.1 Å². The second-order valence-corrected chi connectivity index (χ2v) is 7.18. The van der Waals surface area contributed by atoms with Gasteiger partial charge in [-0.05, 0) is 55.3 Å². The van der Waals surface area contributed by atoms with E-state index in [-0.39, 0.29) is 18.4 Å². The van der Waals surface area contributed by atoms with Crippen molar-refractivity contribution in [2.75, 3.05) is 5.32 Å². The van der Waals surface area contributed by atoms with Gasteiger partial charge in [-0.3, -0.25) is 4.79 Å². The number of carbonyl (C=O) groups is 1. The van der Waals surface area contributed by atoms with Crippen molar-refractivity contribution in [1.82, 2.24) is 5.16 Å². The Morgan fingerprint density at radius 3 is 3.00 bits per heavy atom. The third-order valence-electron chi connectivity index (χ3n) is 4.62. The van der Waals surface area contributed by atoms with Gasteiger partial charge in [0.15, 0.2) is 5.76 Å². The highest BCUT2D eigenvalue weighted by atomic mass is 35.5. The third kappa shape index (κ3) is 3.69. The largest absolute Gasteiger partial charge is 0.490 e. The first-order chi connectivity index (χ1) is 13.0. The summed E-state index contributed by atoms with van der Waals surface area (Å²) >= 11 is 6.09. The van der Waals surface area contributed by atoms with E-state index < -0.39 is 0 Å². The maximum atomic E-state index is 12.3. The molecule has 0 spiro atoms. The van der Waals surface area contributed by atoms with Gasteiger partial charge in [0.1, 0.15) is 11.9 Å². The molecule has 2 aromatic carbocycles. The van der Waals surface area contributed by atoms with Crippen LogP contribution in [0.3, 0.4) is 0 Å². The van der Waals surface area contributed by atoms with Crippen LogP contribution in [-0.2, 0) is 17.6 Å². The van der Waals surface area contributed by atoms with Crippen molar-refractivity contribution in [3.05, 3.63) is 64.3 Å². The monoisotopic (exact) mass is 382 g/mol. The van der Waals surface area contributed by atoms with Crippen molar-refractivity contribution < 1.29 is 14.1 Å². The van der Waals surface area contributed by atoms with E-state index in [0.29, 0.717) is 22.2 Å². The predicted octanol–water partition coefficient (Wildman–Crippen LogP) is 4.81. The second-order valence-electron chi connectivity index (χ2n) is 6.77. The Bertz CT molecular complexity index is 1010. The van der Waals surface area contributed by atoms with Crippen LogP contribution in [0.5, 0.6) is 5.75 Å². The summed E-state index contributed by atoms with van der Waals surface area (Å²) in [6, 6.07) is 13.2. The predicted molar refractivity (Wildman–Crippen MR) is 104 cm³/mol. The minimum absolute atomic E-state index is 0.126. The topological polar surface area (TPSA) is 64.4 Å². The lowest BCUT2D eigenvalue weighted by molar-refractivity contribution is -0.115. The summed E-state index contributed by atoms with van der Waals surface area (Å²) in [5.74, 6) is 1.39. The van der Waals surface area contributed by atoms with Gasteiger partial charge in [-0.2, -0.15) is 0 Å². The Labute approximate surface area is 162 Å². The first-order valence-corrected chi connectivity index (χ1v) is 9.18. The minimum atomic E-state index is -0.170. The van der Waals surface area contributed by atoms with Crippen LogP contribution in [0.1, 0.15) is 23.7 Å². The fraction of sp³-hybridized carbons (Fsp3) is 0.238. The molecule has 138 valence electrons. The fourth-order valence-corrected chi connectivity index (χ4v) is 3.38. The summed E-state index contributed by atoms with van der Waals surface area (Å²) in [5.41, 5.74) is 4.20. The van der Waals surface area contributed by atoms with Gasteiger partial charge < -0.3 is 14.6 Å². The molecular formula is C21H19ClN2O3. The van der Waals surface area contributed by atoms with E-state index in [1.165, 1.54) is 0 Å². The number of nitrogens with zero attached hydrogens (tertiary/aromatic N) is 1. The number of carbonyl (C=O) groups excluding carboxylic acids is 1. The zero-order valence-electron chi connectivity index (χ0n) is 15.1. The number of nitrogens with one attached hydrogen (secondary N) is 1. The number of halogens is 1. The molecule has 1 atom stereocenters. The standard InChI is InChI=1S/C21H19ClN2O3/c1-12-8-15-9-14(6-7-19(15)26-12)20-10-16(24-27-20)11-21(25)23-18-5-3-4-17(22)13(18)2/h3-7,9-10,12H,8,11H2,1-2H3,(H,23,25)/t12-/m1/s1.